The van der Waals surface area contributed by atoms with Crippen molar-refractivity contribution in [3.05, 3.63) is 68.4 Å². The molecular weight excluding hydrogens is 446 g/mol. The number of benzene rings is 1. The number of aromatic nitrogens is 2. The lowest BCUT2D eigenvalue weighted by molar-refractivity contribution is -0.119. The molecule has 11 heteroatoms. The minimum Gasteiger partial charge on any atom is -0.465 e. The van der Waals surface area contributed by atoms with Gasteiger partial charge in [-0.3, -0.25) is 9.59 Å². The number of ether oxygens (including phenoxy) is 2. The molecule has 0 unspecified atom stereocenters. The third-order valence-electron chi connectivity index (χ3n) is 4.10. The van der Waals surface area contributed by atoms with Crippen LogP contribution >= 0.6 is 22.9 Å². The zero-order chi connectivity index (χ0) is 22.5. The van der Waals surface area contributed by atoms with Gasteiger partial charge >= 0.3 is 11.9 Å². The summed E-state index contributed by atoms with van der Waals surface area (Å²) in [5.41, 5.74) is 0.733. The van der Waals surface area contributed by atoms with Gasteiger partial charge in [0.2, 0.25) is 0 Å². The third kappa shape index (κ3) is 4.98. The fraction of sp³-hybridized carbons (Fsp3) is 0.150. The molecule has 0 bridgehead atoms. The summed E-state index contributed by atoms with van der Waals surface area (Å²) in [7, 11) is 2.61. The lowest BCUT2D eigenvalue weighted by Crippen LogP contribution is -2.25. The van der Waals surface area contributed by atoms with Gasteiger partial charge in [0.05, 0.1) is 7.11 Å². The van der Waals surface area contributed by atoms with Gasteiger partial charge in [-0.25, -0.2) is 14.3 Å². The van der Waals surface area contributed by atoms with Crippen LogP contribution in [0.2, 0.25) is 5.02 Å². The first kappa shape index (κ1) is 22.2. The smallest absolute Gasteiger partial charge is 0.359 e. The number of hydrogen-bond acceptors (Lipinski definition) is 8. The predicted octanol–water partition coefficient (Wildman–Crippen LogP) is 2.74. The molecule has 1 N–H and O–H groups in total. The monoisotopic (exact) mass is 461 g/mol. The number of rotatable bonds is 6. The number of esters is 2. The third-order valence-corrected chi connectivity index (χ3v) is 5.33. The van der Waals surface area contributed by atoms with Crippen LogP contribution in [0.25, 0.3) is 11.1 Å². The van der Waals surface area contributed by atoms with Crippen LogP contribution < -0.4 is 10.9 Å². The molecule has 0 saturated carbocycles. The number of nitrogens with zero attached hydrogens (tertiary/aromatic N) is 2. The van der Waals surface area contributed by atoms with Crippen LogP contribution in [0, 0.1) is 0 Å². The van der Waals surface area contributed by atoms with Crippen molar-refractivity contribution in [3.63, 3.8) is 0 Å². The number of hydrogen-bond donors (Lipinski definition) is 1. The second-order valence-corrected chi connectivity index (χ2v) is 7.42. The van der Waals surface area contributed by atoms with Gasteiger partial charge in [0.1, 0.15) is 10.6 Å². The zero-order valence-corrected chi connectivity index (χ0v) is 18.0. The quantitative estimate of drug-likeness (QED) is 0.561. The van der Waals surface area contributed by atoms with Crippen LogP contribution in [-0.4, -0.2) is 41.3 Å². The molecule has 0 aliphatic heterocycles. The van der Waals surface area contributed by atoms with Gasteiger partial charge in [-0.15, -0.1) is 11.3 Å². The van der Waals surface area contributed by atoms with Crippen LogP contribution in [0.4, 0.5) is 5.00 Å². The van der Waals surface area contributed by atoms with Gasteiger partial charge in [-0.1, -0.05) is 29.8 Å². The van der Waals surface area contributed by atoms with Crippen molar-refractivity contribution in [1.82, 2.24) is 9.78 Å². The lowest BCUT2D eigenvalue weighted by Gasteiger charge is -2.09. The number of halogens is 1. The Balaban J connectivity index is 1.76. The highest BCUT2D eigenvalue weighted by Crippen LogP contribution is 2.39. The molecule has 0 fully saturated rings. The van der Waals surface area contributed by atoms with E-state index in [4.69, 9.17) is 21.1 Å². The SMILES string of the molecule is COC(=O)c1c(-c2ccccc2Cl)csc1NC(=O)COC(=O)c1ccc(=O)n(C)n1. The molecule has 160 valence electrons. The van der Waals surface area contributed by atoms with Gasteiger partial charge in [-0.05, 0) is 12.1 Å². The summed E-state index contributed by atoms with van der Waals surface area (Å²) in [5, 5.41) is 8.63. The highest BCUT2D eigenvalue weighted by Gasteiger charge is 2.24. The van der Waals surface area contributed by atoms with Crippen molar-refractivity contribution in [2.75, 3.05) is 19.0 Å². The molecule has 0 atom stereocenters. The van der Waals surface area contributed by atoms with Gasteiger partial charge in [-0.2, -0.15) is 5.10 Å². The molecule has 0 radical (unpaired) electrons. The number of anilines is 1. The van der Waals surface area contributed by atoms with Gasteiger partial charge < -0.3 is 14.8 Å². The van der Waals surface area contributed by atoms with Crippen molar-refractivity contribution in [2.45, 2.75) is 0 Å². The van der Waals surface area contributed by atoms with Crippen molar-refractivity contribution < 1.29 is 23.9 Å². The Morgan fingerprint density at radius 1 is 1.13 bits per heavy atom. The summed E-state index contributed by atoms with van der Waals surface area (Å²) in [5.74, 6) is -2.20. The Bertz CT molecular complexity index is 1220. The first-order valence-electron chi connectivity index (χ1n) is 8.78. The molecule has 0 saturated heterocycles. The van der Waals surface area contributed by atoms with Gasteiger partial charge in [0.25, 0.3) is 11.5 Å². The maximum absolute atomic E-state index is 12.4. The number of nitrogens with one attached hydrogen (secondary N) is 1. The zero-order valence-electron chi connectivity index (χ0n) is 16.4. The van der Waals surface area contributed by atoms with E-state index in [1.54, 1.807) is 29.6 Å². The average molecular weight is 462 g/mol. The molecule has 31 heavy (non-hydrogen) atoms. The number of carbonyl (C=O) groups is 3. The molecule has 0 aliphatic carbocycles. The van der Waals surface area contributed by atoms with Crippen LogP contribution in [0.15, 0.2) is 46.6 Å². The molecule has 1 amide bonds. The van der Waals surface area contributed by atoms with Crippen molar-refractivity contribution >= 4 is 45.8 Å². The van der Waals surface area contributed by atoms with Crippen molar-refractivity contribution in [3.8, 4) is 11.1 Å². The first-order valence-corrected chi connectivity index (χ1v) is 10.0. The summed E-state index contributed by atoms with van der Waals surface area (Å²) in [6.45, 7) is -0.622. The molecule has 1 aromatic carbocycles. The normalized spacial score (nSPS) is 10.4. The summed E-state index contributed by atoms with van der Waals surface area (Å²) in [4.78, 5) is 48.1. The highest BCUT2D eigenvalue weighted by atomic mass is 35.5. The number of carbonyl (C=O) groups excluding carboxylic acids is 3. The summed E-state index contributed by atoms with van der Waals surface area (Å²) in [6, 6.07) is 9.31. The lowest BCUT2D eigenvalue weighted by atomic mass is 10.0. The van der Waals surface area contributed by atoms with E-state index in [9.17, 15) is 19.2 Å². The number of amides is 1. The molecule has 9 nitrogen and oxygen atoms in total. The standard InChI is InChI=1S/C20H16ClN3O6S/c1-24-16(26)8-7-14(23-24)19(27)30-9-15(25)22-18-17(20(28)29-2)12(10-31-18)11-5-3-4-6-13(11)21/h3-8,10H,9H2,1-2H3,(H,22,25). The average Bonchev–Trinajstić information content (AvgIpc) is 3.16. The molecule has 3 rings (SSSR count). The number of methoxy groups -OCH3 is 1. The Labute approximate surface area is 185 Å². The Hall–Kier alpha value is -3.50. The number of aryl methyl sites for hydroxylation is 1. The Morgan fingerprint density at radius 2 is 1.87 bits per heavy atom. The van der Waals surface area contributed by atoms with Gasteiger partial charge in [0, 0.05) is 34.6 Å². The van der Waals surface area contributed by atoms with Crippen molar-refractivity contribution in [1.29, 1.82) is 0 Å². The van der Waals surface area contributed by atoms with E-state index in [1.165, 1.54) is 20.2 Å². The molecule has 0 aliphatic rings. The highest BCUT2D eigenvalue weighted by molar-refractivity contribution is 7.15. The molecule has 0 spiro atoms. The van der Waals surface area contributed by atoms with Gasteiger partial charge in [0.15, 0.2) is 12.3 Å². The molecule has 3 aromatic rings. The van der Waals surface area contributed by atoms with Crippen LogP contribution in [0.1, 0.15) is 20.8 Å². The maximum Gasteiger partial charge on any atom is 0.359 e. The maximum atomic E-state index is 12.4. The fourth-order valence-corrected chi connectivity index (χ4v) is 3.81. The topological polar surface area (TPSA) is 117 Å². The minimum absolute atomic E-state index is 0.123. The van der Waals surface area contributed by atoms with Crippen LogP contribution in [0.3, 0.4) is 0 Å². The second-order valence-electron chi connectivity index (χ2n) is 6.13. The van der Waals surface area contributed by atoms with E-state index in [0.717, 1.165) is 22.1 Å². The van der Waals surface area contributed by atoms with E-state index < -0.39 is 30.0 Å². The second kappa shape index (κ2) is 9.54. The largest absolute Gasteiger partial charge is 0.465 e. The van der Waals surface area contributed by atoms with E-state index in [1.807, 2.05) is 0 Å². The number of thiophene rings is 1. The predicted molar refractivity (Wildman–Crippen MR) is 114 cm³/mol. The van der Waals surface area contributed by atoms with E-state index in [0.29, 0.717) is 16.1 Å². The Kier molecular flexibility index (Phi) is 6.83. The molecular formula is C20H16ClN3O6S. The summed E-state index contributed by atoms with van der Waals surface area (Å²) >= 11 is 7.34. The molecule has 2 aromatic heterocycles. The van der Waals surface area contributed by atoms with E-state index in [-0.39, 0.29) is 16.3 Å². The van der Waals surface area contributed by atoms with Crippen LogP contribution in [-0.2, 0) is 21.3 Å². The van der Waals surface area contributed by atoms with E-state index >= 15 is 0 Å². The van der Waals surface area contributed by atoms with E-state index in [2.05, 4.69) is 10.4 Å². The first-order chi connectivity index (χ1) is 14.8. The summed E-state index contributed by atoms with van der Waals surface area (Å²) < 4.78 is 10.8. The Morgan fingerprint density at radius 3 is 2.55 bits per heavy atom. The molecule has 2 heterocycles. The fourth-order valence-electron chi connectivity index (χ4n) is 2.61. The van der Waals surface area contributed by atoms with Crippen molar-refractivity contribution in [2.24, 2.45) is 7.05 Å². The minimum atomic E-state index is -0.873. The summed E-state index contributed by atoms with van der Waals surface area (Å²) in [6.07, 6.45) is 0. The van der Waals surface area contributed by atoms with Crippen LogP contribution in [0.5, 0.6) is 0 Å².